The molecule has 0 saturated heterocycles. The molecule has 8 nitrogen and oxygen atoms in total. The van der Waals surface area contributed by atoms with Crippen molar-refractivity contribution in [2.75, 3.05) is 25.9 Å². The van der Waals surface area contributed by atoms with Crippen LogP contribution in [0.1, 0.15) is 52.5 Å². The average molecular weight is 417 g/mol. The van der Waals surface area contributed by atoms with Gasteiger partial charge in [0.2, 0.25) is 0 Å². The number of carbonyl (C=O) groups excluding carboxylic acids is 1. The van der Waals surface area contributed by atoms with Crippen LogP contribution in [0.3, 0.4) is 0 Å². The molecule has 1 amide bonds. The zero-order valence-corrected chi connectivity index (χ0v) is 18.7. The summed E-state index contributed by atoms with van der Waals surface area (Å²) >= 11 is 0. The second-order valence-corrected chi connectivity index (χ2v) is 7.46. The number of oxime groups is 1. The van der Waals surface area contributed by atoms with Gasteiger partial charge in [-0.2, -0.15) is 15.3 Å². The zero-order chi connectivity index (χ0) is 22.1. The number of amides is 1. The van der Waals surface area contributed by atoms with Gasteiger partial charge < -0.3 is 9.57 Å². The Morgan fingerprint density at radius 1 is 1.20 bits per heavy atom. The van der Waals surface area contributed by atoms with Crippen molar-refractivity contribution in [2.45, 2.75) is 47.0 Å². The van der Waals surface area contributed by atoms with Gasteiger partial charge in [-0.25, -0.2) is 4.79 Å². The lowest BCUT2D eigenvalue weighted by atomic mass is 10.0. The van der Waals surface area contributed by atoms with E-state index in [1.54, 1.807) is 6.07 Å². The molecule has 0 heterocycles. The van der Waals surface area contributed by atoms with E-state index in [1.807, 2.05) is 32.0 Å². The second-order valence-electron chi connectivity index (χ2n) is 7.46. The fourth-order valence-electron chi connectivity index (χ4n) is 2.94. The summed E-state index contributed by atoms with van der Waals surface area (Å²) in [6.45, 7) is 8.55. The Balaban J connectivity index is 2.41. The quantitative estimate of drug-likeness (QED) is 0.404. The Labute approximate surface area is 178 Å². The van der Waals surface area contributed by atoms with Gasteiger partial charge in [0.15, 0.2) is 0 Å². The Kier molecular flexibility index (Phi) is 8.98. The molecule has 1 aromatic carbocycles. The Morgan fingerprint density at radius 2 is 1.90 bits per heavy atom. The molecule has 0 N–H and O–H groups in total. The van der Waals surface area contributed by atoms with E-state index in [2.05, 4.69) is 29.2 Å². The van der Waals surface area contributed by atoms with Crippen LogP contribution in [-0.4, -0.2) is 44.1 Å². The van der Waals surface area contributed by atoms with Crippen molar-refractivity contribution < 1.29 is 19.2 Å². The maximum atomic E-state index is 12.1. The number of benzene rings is 1. The summed E-state index contributed by atoms with van der Waals surface area (Å²) in [6.07, 6.45) is 2.31. The number of carbonyl (C=O) groups is 1. The summed E-state index contributed by atoms with van der Waals surface area (Å²) in [4.78, 5) is 22.6. The monoisotopic (exact) mass is 416 g/mol. The molecule has 2 rings (SSSR count). The van der Waals surface area contributed by atoms with Gasteiger partial charge >= 0.3 is 6.09 Å². The number of rotatable bonds is 10. The fraction of sp³-hybridized carbons (Fsp3) is 0.545. The molecule has 1 fully saturated rings. The summed E-state index contributed by atoms with van der Waals surface area (Å²) in [5.41, 5.74) is 3.63. The van der Waals surface area contributed by atoms with Gasteiger partial charge in [-0.05, 0) is 45.1 Å². The van der Waals surface area contributed by atoms with Crippen molar-refractivity contribution in [1.29, 1.82) is 0 Å². The first kappa shape index (κ1) is 23.5. The van der Waals surface area contributed by atoms with Crippen LogP contribution < -0.4 is 5.06 Å². The number of hydroxylamine groups is 1. The highest BCUT2D eigenvalue weighted by atomic mass is 16.7. The van der Waals surface area contributed by atoms with E-state index < -0.39 is 6.09 Å². The van der Waals surface area contributed by atoms with Gasteiger partial charge in [-0.1, -0.05) is 37.2 Å². The molecule has 0 unspecified atom stereocenters. The molecule has 1 aliphatic rings. The molecule has 30 heavy (non-hydrogen) atoms. The van der Waals surface area contributed by atoms with Crippen LogP contribution >= 0.6 is 0 Å². The number of para-hydroxylation sites is 1. The first-order valence-electron chi connectivity index (χ1n) is 10.3. The molecule has 0 bridgehead atoms. The van der Waals surface area contributed by atoms with E-state index >= 15 is 0 Å². The average Bonchev–Trinajstić information content (AvgIpc) is 3.57. The van der Waals surface area contributed by atoms with Crippen LogP contribution in [-0.2, 0) is 14.4 Å². The van der Waals surface area contributed by atoms with Crippen LogP contribution in [0.25, 0.3) is 0 Å². The van der Waals surface area contributed by atoms with Gasteiger partial charge in [0.1, 0.15) is 12.3 Å². The predicted octanol–water partition coefficient (Wildman–Crippen LogP) is 4.83. The van der Waals surface area contributed by atoms with E-state index in [0.717, 1.165) is 41.3 Å². The summed E-state index contributed by atoms with van der Waals surface area (Å²) in [6, 6.07) is 7.31. The minimum absolute atomic E-state index is 0.361. The van der Waals surface area contributed by atoms with Gasteiger partial charge in [0, 0.05) is 11.5 Å². The maximum absolute atomic E-state index is 12.1. The molecular weight excluding hydrogens is 384 g/mol. The Morgan fingerprint density at radius 3 is 2.47 bits per heavy atom. The number of anilines is 1. The molecule has 0 atom stereocenters. The van der Waals surface area contributed by atoms with Crippen molar-refractivity contribution in [2.24, 2.45) is 27.2 Å². The third-order valence-corrected chi connectivity index (χ3v) is 4.51. The van der Waals surface area contributed by atoms with Gasteiger partial charge in [-0.15, -0.1) is 0 Å². The van der Waals surface area contributed by atoms with Gasteiger partial charge in [0.25, 0.3) is 0 Å². The number of methoxy groups -OCH3 is 1. The molecule has 0 spiro atoms. The topological polar surface area (TPSA) is 85.1 Å². The number of nitrogens with zero attached hydrogens (tertiary/aromatic N) is 4. The second kappa shape index (κ2) is 11.4. The van der Waals surface area contributed by atoms with Gasteiger partial charge in [-0.3, -0.25) is 4.84 Å². The minimum Gasteiger partial charge on any atom is -0.451 e. The molecule has 164 valence electrons. The minimum atomic E-state index is -0.622. The SMILES string of the molecule is CCO/N=C(CC(C)C)/C(=N/N=C(\C)c1ccccc1N(OC)C(=O)OC)C1CC1. The smallest absolute Gasteiger partial charge is 0.438 e. The van der Waals surface area contributed by atoms with E-state index in [4.69, 9.17) is 14.4 Å². The number of hydrogen-bond donors (Lipinski definition) is 0. The first-order chi connectivity index (χ1) is 14.4. The van der Waals surface area contributed by atoms with Gasteiger partial charge in [0.05, 0.1) is 31.3 Å². The van der Waals surface area contributed by atoms with Crippen LogP contribution in [0.4, 0.5) is 10.5 Å². The van der Waals surface area contributed by atoms with Crippen molar-refractivity contribution in [3.8, 4) is 0 Å². The predicted molar refractivity (Wildman–Crippen MR) is 119 cm³/mol. The molecule has 0 aromatic heterocycles. The van der Waals surface area contributed by atoms with Crippen LogP contribution in [0.5, 0.6) is 0 Å². The third kappa shape index (κ3) is 6.38. The molecular formula is C22H32N4O4. The molecule has 0 aliphatic heterocycles. The molecule has 0 radical (unpaired) electrons. The van der Waals surface area contributed by atoms with Crippen molar-refractivity contribution in [3.63, 3.8) is 0 Å². The zero-order valence-electron chi connectivity index (χ0n) is 18.7. The molecule has 1 aliphatic carbocycles. The van der Waals surface area contributed by atoms with Crippen LogP contribution in [0.15, 0.2) is 39.6 Å². The van der Waals surface area contributed by atoms with E-state index in [0.29, 0.717) is 29.8 Å². The van der Waals surface area contributed by atoms with E-state index in [9.17, 15) is 4.79 Å². The highest BCUT2D eigenvalue weighted by Gasteiger charge is 2.32. The van der Waals surface area contributed by atoms with Crippen LogP contribution in [0.2, 0.25) is 0 Å². The lowest BCUT2D eigenvalue weighted by Crippen LogP contribution is -2.30. The van der Waals surface area contributed by atoms with Crippen molar-refractivity contribution >= 4 is 28.9 Å². The highest BCUT2D eigenvalue weighted by molar-refractivity contribution is 6.43. The summed E-state index contributed by atoms with van der Waals surface area (Å²) < 4.78 is 4.80. The van der Waals surface area contributed by atoms with Crippen LogP contribution in [0, 0.1) is 11.8 Å². The number of hydrogen-bond acceptors (Lipinski definition) is 7. The summed E-state index contributed by atoms with van der Waals surface area (Å²) in [7, 11) is 2.71. The van der Waals surface area contributed by atoms with Crippen molar-refractivity contribution in [3.05, 3.63) is 29.8 Å². The Hall–Kier alpha value is -2.74. The lowest BCUT2D eigenvalue weighted by Gasteiger charge is -2.20. The molecule has 1 aromatic rings. The first-order valence-corrected chi connectivity index (χ1v) is 10.3. The lowest BCUT2D eigenvalue weighted by molar-refractivity contribution is 0.115. The maximum Gasteiger partial charge on any atom is 0.438 e. The Bertz CT molecular complexity index is 813. The molecule has 1 saturated carbocycles. The number of ether oxygens (including phenoxy) is 1. The summed E-state index contributed by atoms with van der Waals surface area (Å²) in [5.74, 6) is 0.787. The standard InChI is InChI=1S/C22H32N4O4/c1-7-30-25-19(14-15(2)3)21(17-12-13-17)24-23-16(4)18-10-8-9-11-20(18)26(29-6)22(27)28-5/h8-11,15,17H,7,12-14H2,1-6H3/b23-16+,24-21+,25-19+. The van der Waals surface area contributed by atoms with E-state index in [-0.39, 0.29) is 0 Å². The largest absolute Gasteiger partial charge is 0.451 e. The van der Waals surface area contributed by atoms with Crippen molar-refractivity contribution in [1.82, 2.24) is 0 Å². The third-order valence-electron chi connectivity index (χ3n) is 4.51. The van der Waals surface area contributed by atoms with E-state index in [1.165, 1.54) is 14.2 Å². The fourth-order valence-corrected chi connectivity index (χ4v) is 2.94. The molecule has 8 heteroatoms. The normalized spacial score (nSPS) is 15.4. The highest BCUT2D eigenvalue weighted by Crippen LogP contribution is 2.32. The summed E-state index contributed by atoms with van der Waals surface area (Å²) in [5, 5.41) is 14.5.